The standard InChI is InChI=1S/C27H31N3O7S2/c1-19-7-13-26(37-3)24(17-19)29-38(32,33)21-10-8-20(9-11-21)28-39(34,35)22-12-14-25(36-2)23(18-22)27(31)30-15-5-4-6-16-30/h7-14,17-18,28-29H,4-6,15-16H2,1-3H3. The van der Waals surface area contributed by atoms with Gasteiger partial charge in [-0.15, -0.1) is 0 Å². The van der Waals surface area contributed by atoms with E-state index in [1.165, 1.54) is 56.7 Å². The van der Waals surface area contributed by atoms with Crippen molar-refractivity contribution in [2.75, 3.05) is 36.8 Å². The van der Waals surface area contributed by atoms with E-state index >= 15 is 0 Å². The van der Waals surface area contributed by atoms with E-state index in [1.807, 2.05) is 6.92 Å². The summed E-state index contributed by atoms with van der Waals surface area (Å²) < 4.78 is 67.7. The van der Waals surface area contributed by atoms with Crippen molar-refractivity contribution in [2.24, 2.45) is 0 Å². The van der Waals surface area contributed by atoms with Crippen molar-refractivity contribution in [1.82, 2.24) is 4.90 Å². The number of amides is 1. The molecule has 0 saturated carbocycles. The number of sulfonamides is 2. The minimum absolute atomic E-state index is 0.0622. The summed E-state index contributed by atoms with van der Waals surface area (Å²) in [7, 11) is -5.20. The van der Waals surface area contributed by atoms with Gasteiger partial charge in [0.05, 0.1) is 35.3 Å². The van der Waals surface area contributed by atoms with Gasteiger partial charge >= 0.3 is 0 Å². The van der Waals surface area contributed by atoms with E-state index in [9.17, 15) is 21.6 Å². The molecule has 0 unspecified atom stereocenters. The van der Waals surface area contributed by atoms with Gasteiger partial charge < -0.3 is 14.4 Å². The van der Waals surface area contributed by atoms with Crippen LogP contribution in [0, 0.1) is 6.92 Å². The lowest BCUT2D eigenvalue weighted by Gasteiger charge is -2.27. The lowest BCUT2D eigenvalue weighted by Crippen LogP contribution is -2.35. The molecule has 1 heterocycles. The molecule has 1 aliphatic heterocycles. The second-order valence-electron chi connectivity index (χ2n) is 9.15. The third-order valence-corrected chi connectivity index (χ3v) is 9.13. The molecule has 1 fully saturated rings. The molecular formula is C27H31N3O7S2. The molecule has 0 radical (unpaired) electrons. The summed E-state index contributed by atoms with van der Waals surface area (Å²) in [5.74, 6) is 0.374. The van der Waals surface area contributed by atoms with Crippen LogP contribution >= 0.6 is 0 Å². The zero-order valence-corrected chi connectivity index (χ0v) is 23.6. The molecule has 1 aliphatic rings. The number of aryl methyl sites for hydroxylation is 1. The molecule has 3 aromatic carbocycles. The van der Waals surface area contributed by atoms with E-state index in [1.54, 1.807) is 23.1 Å². The number of nitrogens with zero attached hydrogens (tertiary/aromatic N) is 1. The summed E-state index contributed by atoms with van der Waals surface area (Å²) in [6.45, 7) is 3.05. The SMILES string of the molecule is COc1ccc(C)cc1NS(=O)(=O)c1ccc(NS(=O)(=O)c2ccc(OC)c(C(=O)N3CCCCC3)c2)cc1. The van der Waals surface area contributed by atoms with E-state index in [0.29, 0.717) is 18.8 Å². The molecule has 0 aromatic heterocycles. The molecular weight excluding hydrogens is 542 g/mol. The minimum Gasteiger partial charge on any atom is -0.496 e. The van der Waals surface area contributed by atoms with Crippen LogP contribution in [-0.2, 0) is 20.0 Å². The van der Waals surface area contributed by atoms with E-state index in [2.05, 4.69) is 9.44 Å². The number of anilines is 2. The van der Waals surface area contributed by atoms with Gasteiger partial charge in [-0.1, -0.05) is 6.07 Å². The number of piperidine rings is 1. The minimum atomic E-state index is -4.09. The summed E-state index contributed by atoms with van der Waals surface area (Å²) in [5.41, 5.74) is 1.46. The van der Waals surface area contributed by atoms with Crippen molar-refractivity contribution in [2.45, 2.75) is 36.0 Å². The fourth-order valence-electron chi connectivity index (χ4n) is 4.31. The summed E-state index contributed by atoms with van der Waals surface area (Å²) in [6.07, 6.45) is 2.84. The van der Waals surface area contributed by atoms with Crippen LogP contribution < -0.4 is 18.9 Å². The first-order chi connectivity index (χ1) is 18.5. The third kappa shape index (κ3) is 6.45. The number of benzene rings is 3. The van der Waals surface area contributed by atoms with E-state index in [0.717, 1.165) is 24.8 Å². The topological polar surface area (TPSA) is 131 Å². The van der Waals surface area contributed by atoms with Crippen molar-refractivity contribution < 1.29 is 31.1 Å². The number of hydrogen-bond donors (Lipinski definition) is 2. The molecule has 10 nitrogen and oxygen atoms in total. The lowest BCUT2D eigenvalue weighted by molar-refractivity contribution is 0.0720. The average molecular weight is 574 g/mol. The highest BCUT2D eigenvalue weighted by Crippen LogP contribution is 2.29. The summed E-state index contributed by atoms with van der Waals surface area (Å²) in [6, 6.07) is 14.5. The third-order valence-electron chi connectivity index (χ3n) is 6.37. The average Bonchev–Trinajstić information content (AvgIpc) is 2.92. The molecule has 1 amide bonds. The first kappa shape index (κ1) is 28.2. The van der Waals surface area contributed by atoms with E-state index < -0.39 is 20.0 Å². The summed E-state index contributed by atoms with van der Waals surface area (Å²) in [4.78, 5) is 14.6. The van der Waals surface area contributed by atoms with Crippen LogP contribution in [0.2, 0.25) is 0 Å². The number of ether oxygens (including phenoxy) is 2. The fourth-order valence-corrected chi connectivity index (χ4v) is 6.46. The molecule has 4 rings (SSSR count). The Labute approximate surface area is 229 Å². The van der Waals surface area contributed by atoms with Crippen molar-refractivity contribution in [1.29, 1.82) is 0 Å². The molecule has 208 valence electrons. The van der Waals surface area contributed by atoms with Crippen LogP contribution in [0.1, 0.15) is 35.2 Å². The number of hydrogen-bond acceptors (Lipinski definition) is 7. The second-order valence-corrected chi connectivity index (χ2v) is 12.5. The zero-order valence-electron chi connectivity index (χ0n) is 21.9. The van der Waals surface area contributed by atoms with Gasteiger partial charge in [-0.3, -0.25) is 14.2 Å². The highest BCUT2D eigenvalue weighted by atomic mass is 32.2. The normalized spacial score (nSPS) is 14.0. The maximum atomic E-state index is 13.2. The Morgan fingerprint density at radius 3 is 1.97 bits per heavy atom. The van der Waals surface area contributed by atoms with E-state index in [-0.39, 0.29) is 38.4 Å². The molecule has 1 saturated heterocycles. The van der Waals surface area contributed by atoms with Crippen LogP contribution in [0.4, 0.5) is 11.4 Å². The van der Waals surface area contributed by atoms with Gasteiger partial charge in [-0.25, -0.2) is 16.8 Å². The predicted molar refractivity (Wildman–Crippen MR) is 149 cm³/mol. The zero-order chi connectivity index (χ0) is 28.2. The van der Waals surface area contributed by atoms with Crippen molar-refractivity contribution >= 4 is 37.3 Å². The summed E-state index contributed by atoms with van der Waals surface area (Å²) >= 11 is 0. The molecule has 0 aliphatic carbocycles. The Balaban J connectivity index is 1.54. The number of nitrogens with one attached hydrogen (secondary N) is 2. The van der Waals surface area contributed by atoms with Gasteiger partial charge in [0, 0.05) is 18.8 Å². The Morgan fingerprint density at radius 2 is 1.33 bits per heavy atom. The fraction of sp³-hybridized carbons (Fsp3) is 0.296. The number of likely N-dealkylation sites (tertiary alicyclic amines) is 1. The van der Waals surface area contributed by atoms with Crippen molar-refractivity contribution in [3.05, 3.63) is 71.8 Å². The number of carbonyl (C=O) groups is 1. The quantitative estimate of drug-likeness (QED) is 0.391. The van der Waals surface area contributed by atoms with Crippen molar-refractivity contribution in [3.8, 4) is 11.5 Å². The number of methoxy groups -OCH3 is 2. The molecule has 0 atom stereocenters. The monoisotopic (exact) mass is 573 g/mol. The Kier molecular flexibility index (Phi) is 8.36. The van der Waals surface area contributed by atoms with Crippen LogP contribution in [-0.4, -0.2) is 55.0 Å². The lowest BCUT2D eigenvalue weighted by atomic mass is 10.1. The number of rotatable bonds is 9. The highest BCUT2D eigenvalue weighted by molar-refractivity contribution is 7.93. The van der Waals surface area contributed by atoms with Crippen LogP contribution in [0.3, 0.4) is 0 Å². The highest BCUT2D eigenvalue weighted by Gasteiger charge is 2.25. The van der Waals surface area contributed by atoms with Gasteiger partial charge in [0.15, 0.2) is 0 Å². The van der Waals surface area contributed by atoms with Gasteiger partial charge in [0.1, 0.15) is 11.5 Å². The Hall–Kier alpha value is -3.77. The maximum Gasteiger partial charge on any atom is 0.262 e. The molecule has 3 aromatic rings. The van der Waals surface area contributed by atoms with Crippen molar-refractivity contribution in [3.63, 3.8) is 0 Å². The molecule has 12 heteroatoms. The smallest absolute Gasteiger partial charge is 0.262 e. The Bertz CT molecular complexity index is 1570. The van der Waals surface area contributed by atoms with Crippen LogP contribution in [0.15, 0.2) is 70.5 Å². The van der Waals surface area contributed by atoms with Gasteiger partial charge in [0.2, 0.25) is 0 Å². The largest absolute Gasteiger partial charge is 0.496 e. The van der Waals surface area contributed by atoms with Crippen LogP contribution in [0.5, 0.6) is 11.5 Å². The van der Waals surface area contributed by atoms with Gasteiger partial charge in [-0.05, 0) is 86.3 Å². The first-order valence-corrected chi connectivity index (χ1v) is 15.3. The van der Waals surface area contributed by atoms with Gasteiger partial charge in [0.25, 0.3) is 26.0 Å². The molecule has 39 heavy (non-hydrogen) atoms. The van der Waals surface area contributed by atoms with Gasteiger partial charge in [-0.2, -0.15) is 0 Å². The molecule has 0 spiro atoms. The second kappa shape index (κ2) is 11.5. The van der Waals surface area contributed by atoms with Crippen LogP contribution in [0.25, 0.3) is 0 Å². The summed E-state index contributed by atoms with van der Waals surface area (Å²) in [5, 5.41) is 0. The predicted octanol–water partition coefficient (Wildman–Crippen LogP) is 4.24. The number of carbonyl (C=O) groups excluding carboxylic acids is 1. The molecule has 0 bridgehead atoms. The molecule has 2 N–H and O–H groups in total. The van der Waals surface area contributed by atoms with E-state index in [4.69, 9.17) is 9.47 Å². The Morgan fingerprint density at radius 1 is 0.744 bits per heavy atom. The maximum absolute atomic E-state index is 13.2. The first-order valence-electron chi connectivity index (χ1n) is 12.3.